The average Bonchev–Trinajstić information content (AvgIpc) is 2.30. The molecule has 1 rings (SSSR count). The number of rotatable bonds is 3. The van der Waals surface area contributed by atoms with Gasteiger partial charge in [-0.3, -0.25) is 0 Å². The van der Waals surface area contributed by atoms with Gasteiger partial charge < -0.3 is 9.84 Å². The van der Waals surface area contributed by atoms with E-state index in [0.717, 1.165) is 12.0 Å². The molecular formula is C11H17NO3. The molecule has 4 nitrogen and oxygen atoms in total. The van der Waals surface area contributed by atoms with Gasteiger partial charge in [0.2, 0.25) is 5.88 Å². The fraction of sp³-hybridized carbons (Fsp3) is 0.455. The Morgan fingerprint density at radius 1 is 1.53 bits per heavy atom. The number of pyridine rings is 1. The summed E-state index contributed by atoms with van der Waals surface area (Å²) in [5, 5.41) is 8.80. The summed E-state index contributed by atoms with van der Waals surface area (Å²) in [6.45, 7) is 5.94. The number of aromatic nitrogens is 1. The van der Waals surface area contributed by atoms with Crippen LogP contribution in [0.3, 0.4) is 0 Å². The van der Waals surface area contributed by atoms with Gasteiger partial charge in [-0.25, -0.2) is 9.78 Å². The summed E-state index contributed by atoms with van der Waals surface area (Å²) in [4.78, 5) is 14.6. The summed E-state index contributed by atoms with van der Waals surface area (Å²) in [5.41, 5.74) is 1.00. The van der Waals surface area contributed by atoms with Crippen molar-refractivity contribution in [1.82, 2.24) is 4.98 Å². The molecule has 0 aliphatic carbocycles. The molecular weight excluding hydrogens is 194 g/mol. The molecule has 0 spiro atoms. The number of ether oxygens (including phenoxy) is 1. The predicted molar refractivity (Wildman–Crippen MR) is 58.5 cm³/mol. The van der Waals surface area contributed by atoms with Gasteiger partial charge in [0.1, 0.15) is 5.56 Å². The number of carboxylic acid groups (broad SMARTS) is 1. The molecule has 0 aliphatic heterocycles. The largest absolute Gasteiger partial charge is 0.480 e. The monoisotopic (exact) mass is 211 g/mol. The summed E-state index contributed by atoms with van der Waals surface area (Å²) in [6.07, 6.45) is 2.38. The van der Waals surface area contributed by atoms with E-state index < -0.39 is 5.97 Å². The third-order valence-electron chi connectivity index (χ3n) is 1.74. The summed E-state index contributed by atoms with van der Waals surface area (Å²) in [5.74, 6) is -0.857. The molecule has 0 aliphatic rings. The normalized spacial score (nSPS) is 8.80. The smallest absolute Gasteiger partial charge is 0.341 e. The molecule has 1 N–H and O–H groups in total. The summed E-state index contributed by atoms with van der Waals surface area (Å²) in [6, 6.07) is 1.58. The molecule has 0 amide bonds. The van der Waals surface area contributed by atoms with Gasteiger partial charge in [0.25, 0.3) is 0 Å². The third-order valence-corrected chi connectivity index (χ3v) is 1.74. The van der Waals surface area contributed by atoms with E-state index in [4.69, 9.17) is 9.84 Å². The molecule has 0 saturated heterocycles. The molecule has 0 unspecified atom stereocenters. The van der Waals surface area contributed by atoms with Gasteiger partial charge in [-0.05, 0) is 18.1 Å². The Bertz CT molecular complexity index is 324. The highest BCUT2D eigenvalue weighted by Gasteiger charge is 2.12. The molecule has 1 aromatic rings. The van der Waals surface area contributed by atoms with E-state index in [0.29, 0.717) is 0 Å². The van der Waals surface area contributed by atoms with E-state index in [1.54, 1.807) is 12.3 Å². The number of nitrogens with zero attached hydrogens (tertiary/aromatic N) is 1. The van der Waals surface area contributed by atoms with Crippen molar-refractivity contribution >= 4 is 5.97 Å². The Morgan fingerprint density at radius 3 is 2.53 bits per heavy atom. The van der Waals surface area contributed by atoms with Gasteiger partial charge in [0.15, 0.2) is 0 Å². The lowest BCUT2D eigenvalue weighted by atomic mass is 10.1. The van der Waals surface area contributed by atoms with E-state index in [-0.39, 0.29) is 11.4 Å². The SMILES string of the molecule is CC.CCc1cnc(OC)c(C(=O)O)c1. The van der Waals surface area contributed by atoms with Gasteiger partial charge in [0.05, 0.1) is 7.11 Å². The number of aryl methyl sites for hydroxylation is 1. The Hall–Kier alpha value is -1.58. The highest BCUT2D eigenvalue weighted by Crippen LogP contribution is 2.16. The Morgan fingerprint density at radius 2 is 2.13 bits per heavy atom. The molecule has 0 radical (unpaired) electrons. The first-order valence-electron chi connectivity index (χ1n) is 4.95. The van der Waals surface area contributed by atoms with E-state index in [2.05, 4.69) is 4.98 Å². The van der Waals surface area contributed by atoms with Crippen LogP contribution in [-0.4, -0.2) is 23.2 Å². The molecule has 0 aromatic carbocycles. The maximum Gasteiger partial charge on any atom is 0.341 e. The molecule has 0 atom stereocenters. The Labute approximate surface area is 89.9 Å². The highest BCUT2D eigenvalue weighted by atomic mass is 16.5. The van der Waals surface area contributed by atoms with Crippen molar-refractivity contribution in [3.63, 3.8) is 0 Å². The molecule has 0 bridgehead atoms. The number of carbonyl (C=O) groups is 1. The lowest BCUT2D eigenvalue weighted by Gasteiger charge is -2.04. The van der Waals surface area contributed by atoms with Crippen molar-refractivity contribution < 1.29 is 14.6 Å². The summed E-state index contributed by atoms with van der Waals surface area (Å²) in [7, 11) is 1.40. The molecule has 0 saturated carbocycles. The van der Waals surface area contributed by atoms with Crippen LogP contribution in [0.1, 0.15) is 36.7 Å². The second-order valence-electron chi connectivity index (χ2n) is 2.56. The number of aromatic carboxylic acids is 1. The number of hydrogen-bond acceptors (Lipinski definition) is 3. The van der Waals surface area contributed by atoms with Crippen LogP contribution in [0.2, 0.25) is 0 Å². The van der Waals surface area contributed by atoms with Crippen molar-refractivity contribution in [2.24, 2.45) is 0 Å². The molecule has 1 heterocycles. The van der Waals surface area contributed by atoms with Gasteiger partial charge >= 0.3 is 5.97 Å². The van der Waals surface area contributed by atoms with E-state index in [9.17, 15) is 4.79 Å². The van der Waals surface area contributed by atoms with E-state index >= 15 is 0 Å². The minimum absolute atomic E-state index is 0.113. The molecule has 1 aromatic heterocycles. The summed E-state index contributed by atoms with van der Waals surface area (Å²) < 4.78 is 4.81. The van der Waals surface area contributed by atoms with Gasteiger partial charge in [0, 0.05) is 6.20 Å². The number of hydrogen-bond donors (Lipinski definition) is 1. The lowest BCUT2D eigenvalue weighted by molar-refractivity contribution is 0.0692. The minimum atomic E-state index is -1.01. The molecule has 84 valence electrons. The lowest BCUT2D eigenvalue weighted by Crippen LogP contribution is -2.03. The van der Waals surface area contributed by atoms with Crippen LogP contribution in [0, 0.1) is 0 Å². The zero-order chi connectivity index (χ0) is 11.8. The van der Waals surface area contributed by atoms with Crippen LogP contribution < -0.4 is 4.74 Å². The second kappa shape index (κ2) is 6.81. The first-order chi connectivity index (χ1) is 7.19. The zero-order valence-corrected chi connectivity index (χ0v) is 9.57. The van der Waals surface area contributed by atoms with Gasteiger partial charge in [-0.1, -0.05) is 20.8 Å². The van der Waals surface area contributed by atoms with Crippen LogP contribution in [0.4, 0.5) is 0 Å². The predicted octanol–water partition coefficient (Wildman–Crippen LogP) is 2.38. The van der Waals surface area contributed by atoms with Crippen LogP contribution in [0.5, 0.6) is 5.88 Å². The molecule has 4 heteroatoms. The van der Waals surface area contributed by atoms with Crippen LogP contribution in [-0.2, 0) is 6.42 Å². The van der Waals surface area contributed by atoms with Crippen molar-refractivity contribution in [3.05, 3.63) is 23.4 Å². The van der Waals surface area contributed by atoms with Crippen molar-refractivity contribution in [1.29, 1.82) is 0 Å². The zero-order valence-electron chi connectivity index (χ0n) is 9.57. The van der Waals surface area contributed by atoms with E-state index in [1.807, 2.05) is 20.8 Å². The maximum absolute atomic E-state index is 10.7. The van der Waals surface area contributed by atoms with Crippen molar-refractivity contribution in [2.45, 2.75) is 27.2 Å². The van der Waals surface area contributed by atoms with Crippen molar-refractivity contribution in [3.8, 4) is 5.88 Å². The number of methoxy groups -OCH3 is 1. The van der Waals surface area contributed by atoms with E-state index in [1.165, 1.54) is 7.11 Å². The summed E-state index contributed by atoms with van der Waals surface area (Å²) >= 11 is 0. The molecule has 15 heavy (non-hydrogen) atoms. The van der Waals surface area contributed by atoms with Crippen LogP contribution in [0.25, 0.3) is 0 Å². The van der Waals surface area contributed by atoms with Crippen LogP contribution in [0.15, 0.2) is 12.3 Å². The molecule has 0 fully saturated rings. The Balaban J connectivity index is 0.000000921. The second-order valence-corrected chi connectivity index (χ2v) is 2.56. The van der Waals surface area contributed by atoms with Gasteiger partial charge in [-0.15, -0.1) is 0 Å². The number of carboxylic acids is 1. The maximum atomic E-state index is 10.7. The first-order valence-corrected chi connectivity index (χ1v) is 4.95. The topological polar surface area (TPSA) is 59.4 Å². The fourth-order valence-electron chi connectivity index (χ4n) is 1.00. The third kappa shape index (κ3) is 3.58. The van der Waals surface area contributed by atoms with Gasteiger partial charge in [-0.2, -0.15) is 0 Å². The standard InChI is InChI=1S/C9H11NO3.C2H6/c1-3-6-4-7(9(11)12)8(13-2)10-5-6;1-2/h4-5H,3H2,1-2H3,(H,11,12);1-2H3. The van der Waals surface area contributed by atoms with Crippen molar-refractivity contribution in [2.75, 3.05) is 7.11 Å². The first kappa shape index (κ1) is 13.4. The van der Waals surface area contributed by atoms with Crippen LogP contribution >= 0.6 is 0 Å². The Kier molecular flexibility index (Phi) is 6.09. The average molecular weight is 211 g/mol. The fourth-order valence-corrected chi connectivity index (χ4v) is 1.00. The quantitative estimate of drug-likeness (QED) is 0.833. The highest BCUT2D eigenvalue weighted by molar-refractivity contribution is 5.90. The minimum Gasteiger partial charge on any atom is -0.480 e.